The molecule has 1 atom stereocenters. The summed E-state index contributed by atoms with van der Waals surface area (Å²) in [5.74, 6) is -0.542. The fraction of sp³-hybridized carbons (Fsp3) is 0.278. The first-order valence-electron chi connectivity index (χ1n) is 15.0. The molecule has 0 aliphatic rings. The number of benzene rings is 4. The van der Waals surface area contributed by atoms with Crippen molar-refractivity contribution in [2.45, 2.75) is 57.1 Å². The number of amides is 2. The lowest BCUT2D eigenvalue weighted by Gasteiger charge is -2.35. The average molecular weight is 697 g/mol. The summed E-state index contributed by atoms with van der Waals surface area (Å²) in [6.45, 7) is 6.69. The van der Waals surface area contributed by atoms with Crippen molar-refractivity contribution < 1.29 is 22.7 Å². The molecule has 0 fully saturated rings. The van der Waals surface area contributed by atoms with E-state index in [0.717, 1.165) is 15.4 Å². The topological polar surface area (TPSA) is 96.0 Å². The fourth-order valence-corrected chi connectivity index (χ4v) is 6.91. The van der Waals surface area contributed by atoms with Crippen molar-refractivity contribution in [1.82, 2.24) is 10.2 Å². The monoisotopic (exact) mass is 695 g/mol. The smallest absolute Gasteiger partial charge is 0.264 e. The molecule has 2 amide bonds. The Morgan fingerprint density at radius 1 is 0.851 bits per heavy atom. The van der Waals surface area contributed by atoms with Crippen molar-refractivity contribution >= 4 is 50.7 Å². The molecule has 8 nitrogen and oxygen atoms in total. The van der Waals surface area contributed by atoms with E-state index in [2.05, 4.69) is 5.32 Å². The van der Waals surface area contributed by atoms with Crippen LogP contribution in [0, 0.1) is 6.92 Å². The predicted octanol–water partition coefficient (Wildman–Crippen LogP) is 7.06. The third-order valence-corrected chi connectivity index (χ3v) is 9.90. The SMILES string of the molecule is COc1ccc(S(=O)(=O)N(CC(=O)N(Cc2c(Cl)cccc2Cl)C(Cc2ccccc2)C(=O)NC(C)(C)C)c2ccc(C)cc2)cc1. The van der Waals surface area contributed by atoms with Crippen molar-refractivity contribution in [2.24, 2.45) is 0 Å². The Kier molecular flexibility index (Phi) is 11.6. The molecule has 0 saturated heterocycles. The summed E-state index contributed by atoms with van der Waals surface area (Å²) in [4.78, 5) is 30.0. The zero-order chi connectivity index (χ0) is 34.4. The van der Waals surface area contributed by atoms with Gasteiger partial charge in [-0.05, 0) is 81.8 Å². The van der Waals surface area contributed by atoms with E-state index < -0.39 is 40.0 Å². The van der Waals surface area contributed by atoms with Gasteiger partial charge in [0.05, 0.1) is 17.7 Å². The van der Waals surface area contributed by atoms with Crippen molar-refractivity contribution in [2.75, 3.05) is 18.0 Å². The van der Waals surface area contributed by atoms with Gasteiger partial charge in [-0.25, -0.2) is 8.42 Å². The number of halogens is 2. The molecule has 4 aromatic carbocycles. The zero-order valence-corrected chi connectivity index (χ0v) is 29.4. The second kappa shape index (κ2) is 15.2. The van der Waals surface area contributed by atoms with Gasteiger partial charge in [-0.2, -0.15) is 0 Å². The fourth-order valence-electron chi connectivity index (χ4n) is 4.98. The number of methoxy groups -OCH3 is 1. The average Bonchev–Trinajstić information content (AvgIpc) is 3.02. The summed E-state index contributed by atoms with van der Waals surface area (Å²) in [6, 6.07) is 26.0. The molecule has 0 aliphatic carbocycles. The first-order chi connectivity index (χ1) is 22.2. The van der Waals surface area contributed by atoms with Crippen LogP contribution in [0.5, 0.6) is 5.75 Å². The number of rotatable bonds is 12. The number of carbonyl (C=O) groups excluding carboxylic acids is 2. The first-order valence-corrected chi connectivity index (χ1v) is 17.2. The molecule has 0 spiro atoms. The number of nitrogens with zero attached hydrogens (tertiary/aromatic N) is 2. The van der Waals surface area contributed by atoms with Crippen LogP contribution in [0.2, 0.25) is 10.0 Å². The van der Waals surface area contributed by atoms with Gasteiger partial charge in [0.2, 0.25) is 11.8 Å². The molecule has 4 aromatic rings. The van der Waals surface area contributed by atoms with Crippen molar-refractivity contribution in [3.8, 4) is 5.75 Å². The maximum Gasteiger partial charge on any atom is 0.264 e. The quantitative estimate of drug-likeness (QED) is 0.171. The van der Waals surface area contributed by atoms with Gasteiger partial charge in [0.15, 0.2) is 0 Å². The Balaban J connectivity index is 1.85. The minimum absolute atomic E-state index is 0.0290. The van der Waals surface area contributed by atoms with Gasteiger partial charge in [0, 0.05) is 34.1 Å². The van der Waals surface area contributed by atoms with Crippen LogP contribution in [0.3, 0.4) is 0 Å². The van der Waals surface area contributed by atoms with Crippen LogP contribution in [0.1, 0.15) is 37.5 Å². The number of hydrogen-bond acceptors (Lipinski definition) is 5. The molecule has 248 valence electrons. The summed E-state index contributed by atoms with van der Waals surface area (Å²) in [5.41, 5.74) is 1.83. The van der Waals surface area contributed by atoms with E-state index in [0.29, 0.717) is 21.4 Å². The first kappa shape index (κ1) is 35.8. The molecule has 0 radical (unpaired) electrons. The standard InChI is InChI=1S/C36H39Cl2N3O5S/c1-25-14-16-27(17-15-25)41(47(44,45)29-20-18-28(46-5)19-21-29)24-34(42)40(23-30-31(37)12-9-13-32(30)38)33(35(43)39-36(2,3)4)22-26-10-7-6-8-11-26/h6-21,33H,22-24H2,1-5H3,(H,39,43). The molecule has 0 heterocycles. The number of carbonyl (C=O) groups is 2. The molecule has 1 N–H and O–H groups in total. The van der Waals surface area contributed by atoms with Gasteiger partial charge in [-0.15, -0.1) is 0 Å². The Labute approximate surface area is 287 Å². The number of hydrogen-bond donors (Lipinski definition) is 1. The molecular weight excluding hydrogens is 657 g/mol. The van der Waals surface area contributed by atoms with E-state index in [1.165, 1.54) is 24.1 Å². The second-order valence-electron chi connectivity index (χ2n) is 12.2. The largest absolute Gasteiger partial charge is 0.497 e. The molecule has 47 heavy (non-hydrogen) atoms. The normalized spacial score (nSPS) is 12.2. The Morgan fingerprint density at radius 2 is 1.45 bits per heavy atom. The second-order valence-corrected chi connectivity index (χ2v) is 14.9. The molecule has 0 aromatic heterocycles. The lowest BCUT2D eigenvalue weighted by molar-refractivity contribution is -0.140. The highest BCUT2D eigenvalue weighted by Crippen LogP contribution is 2.30. The van der Waals surface area contributed by atoms with Crippen LogP contribution in [0.25, 0.3) is 0 Å². The number of sulfonamides is 1. The van der Waals surface area contributed by atoms with Crippen LogP contribution in [0.15, 0.2) is 102 Å². The van der Waals surface area contributed by atoms with Gasteiger partial charge in [0.1, 0.15) is 18.3 Å². The van der Waals surface area contributed by atoms with Crippen LogP contribution in [-0.2, 0) is 32.6 Å². The summed E-state index contributed by atoms with van der Waals surface area (Å²) in [7, 11) is -2.78. The van der Waals surface area contributed by atoms with Gasteiger partial charge in [-0.1, -0.05) is 77.3 Å². The predicted molar refractivity (Wildman–Crippen MR) is 188 cm³/mol. The minimum atomic E-state index is -4.27. The van der Waals surface area contributed by atoms with Crippen LogP contribution < -0.4 is 14.4 Å². The summed E-state index contributed by atoms with van der Waals surface area (Å²) in [6.07, 6.45) is 0.159. The van der Waals surface area contributed by atoms with E-state index >= 15 is 0 Å². The lowest BCUT2D eigenvalue weighted by Crippen LogP contribution is -2.56. The van der Waals surface area contributed by atoms with Crippen molar-refractivity contribution in [3.05, 3.63) is 124 Å². The van der Waals surface area contributed by atoms with E-state index in [1.807, 2.05) is 58.0 Å². The molecule has 1 unspecified atom stereocenters. The zero-order valence-electron chi connectivity index (χ0n) is 27.0. The highest BCUT2D eigenvalue weighted by molar-refractivity contribution is 7.92. The van der Waals surface area contributed by atoms with Crippen molar-refractivity contribution in [1.29, 1.82) is 0 Å². The van der Waals surface area contributed by atoms with E-state index in [-0.39, 0.29) is 23.5 Å². The van der Waals surface area contributed by atoms with Gasteiger partial charge < -0.3 is 15.0 Å². The molecule has 0 saturated carbocycles. The van der Waals surface area contributed by atoms with Crippen LogP contribution in [0.4, 0.5) is 5.69 Å². The van der Waals surface area contributed by atoms with E-state index in [1.54, 1.807) is 54.6 Å². The maximum atomic E-state index is 14.6. The van der Waals surface area contributed by atoms with Crippen LogP contribution in [-0.4, -0.2) is 50.4 Å². The maximum absolute atomic E-state index is 14.6. The molecule has 4 rings (SSSR count). The minimum Gasteiger partial charge on any atom is -0.497 e. The molecular formula is C36H39Cl2N3O5S. The summed E-state index contributed by atoms with van der Waals surface area (Å²) < 4.78 is 34.7. The Morgan fingerprint density at radius 3 is 2.00 bits per heavy atom. The third-order valence-electron chi connectivity index (χ3n) is 7.41. The van der Waals surface area contributed by atoms with E-state index in [4.69, 9.17) is 27.9 Å². The van der Waals surface area contributed by atoms with Gasteiger partial charge >= 0.3 is 0 Å². The highest BCUT2D eigenvalue weighted by Gasteiger charge is 2.36. The number of aryl methyl sites for hydroxylation is 1. The summed E-state index contributed by atoms with van der Waals surface area (Å²) >= 11 is 13.2. The van der Waals surface area contributed by atoms with Crippen LogP contribution >= 0.6 is 23.2 Å². The van der Waals surface area contributed by atoms with Gasteiger partial charge in [-0.3, -0.25) is 13.9 Å². The Bertz CT molecular complexity index is 1770. The summed E-state index contributed by atoms with van der Waals surface area (Å²) in [5, 5.41) is 3.63. The lowest BCUT2D eigenvalue weighted by atomic mass is 10.0. The van der Waals surface area contributed by atoms with E-state index in [9.17, 15) is 18.0 Å². The molecule has 11 heteroatoms. The number of ether oxygens (including phenoxy) is 1. The Hall–Kier alpha value is -4.05. The molecule has 0 bridgehead atoms. The number of anilines is 1. The molecule has 0 aliphatic heterocycles. The number of nitrogens with one attached hydrogen (secondary N) is 1. The highest BCUT2D eigenvalue weighted by atomic mass is 35.5. The third kappa shape index (κ3) is 9.28. The van der Waals surface area contributed by atoms with Crippen molar-refractivity contribution in [3.63, 3.8) is 0 Å². The van der Waals surface area contributed by atoms with Gasteiger partial charge in [0.25, 0.3) is 10.0 Å².